The molecule has 1 heterocycles. The molecular formula is C14H19NO3S. The molecule has 1 amide bonds. The van der Waals surface area contributed by atoms with Gasteiger partial charge in [-0.1, -0.05) is 11.8 Å². The Morgan fingerprint density at radius 3 is 2.74 bits per heavy atom. The molecule has 0 aromatic carbocycles. The number of thiophene rings is 1. The third-order valence-corrected chi connectivity index (χ3v) is 3.45. The van der Waals surface area contributed by atoms with Crippen LogP contribution in [0.2, 0.25) is 0 Å². The summed E-state index contributed by atoms with van der Waals surface area (Å²) >= 11 is 1.35. The maximum absolute atomic E-state index is 12.4. The number of aliphatic hydroxyl groups excluding tert-OH is 2. The van der Waals surface area contributed by atoms with Crippen molar-refractivity contribution < 1.29 is 15.0 Å². The van der Waals surface area contributed by atoms with Crippen molar-refractivity contribution in [1.29, 1.82) is 0 Å². The Kier molecular flexibility index (Phi) is 6.57. The van der Waals surface area contributed by atoms with Crippen LogP contribution in [0.1, 0.15) is 35.5 Å². The number of hydrogen-bond acceptors (Lipinski definition) is 4. The van der Waals surface area contributed by atoms with Crippen molar-refractivity contribution in [2.75, 3.05) is 19.8 Å². The Balaban J connectivity index is 2.93. The van der Waals surface area contributed by atoms with Gasteiger partial charge in [-0.3, -0.25) is 4.79 Å². The van der Waals surface area contributed by atoms with Gasteiger partial charge in [0.1, 0.15) is 4.88 Å². The van der Waals surface area contributed by atoms with E-state index in [-0.39, 0.29) is 25.2 Å². The molecule has 0 atom stereocenters. The fourth-order valence-corrected chi connectivity index (χ4v) is 2.42. The number of nitrogens with zero attached hydrogens (tertiary/aromatic N) is 1. The predicted molar refractivity (Wildman–Crippen MR) is 76.2 cm³/mol. The van der Waals surface area contributed by atoms with Gasteiger partial charge in [-0.05, 0) is 25.3 Å². The third kappa shape index (κ3) is 4.35. The van der Waals surface area contributed by atoms with Gasteiger partial charge in [0.25, 0.3) is 5.91 Å². The van der Waals surface area contributed by atoms with Crippen molar-refractivity contribution in [3.05, 3.63) is 21.9 Å². The van der Waals surface area contributed by atoms with Gasteiger partial charge in [-0.25, -0.2) is 0 Å². The quantitative estimate of drug-likeness (QED) is 0.800. The summed E-state index contributed by atoms with van der Waals surface area (Å²) in [5.41, 5.74) is 0.687. The minimum atomic E-state index is -0.104. The Labute approximate surface area is 117 Å². The molecule has 0 aliphatic carbocycles. The number of carbonyl (C=O) groups excluding carboxylic acids is 1. The first-order chi connectivity index (χ1) is 9.11. The molecule has 2 N–H and O–H groups in total. The molecule has 5 heteroatoms. The molecule has 0 aliphatic heterocycles. The van der Waals surface area contributed by atoms with Crippen LogP contribution in [-0.2, 0) is 0 Å². The Morgan fingerprint density at radius 2 is 2.16 bits per heavy atom. The molecule has 4 nitrogen and oxygen atoms in total. The fourth-order valence-electron chi connectivity index (χ4n) is 1.62. The molecule has 1 rings (SSSR count). The topological polar surface area (TPSA) is 60.8 Å². The molecule has 1 aromatic rings. The Morgan fingerprint density at radius 1 is 1.42 bits per heavy atom. The standard InChI is InChI=1S/C14H19NO3S/c1-11(2)15(7-9-17)14(18)13-12(6-10-19-13)5-3-4-8-16/h6,10-11,16-17H,4,7-9H2,1-2H3. The van der Waals surface area contributed by atoms with Crippen LogP contribution in [0.15, 0.2) is 11.4 Å². The number of hydrogen-bond donors (Lipinski definition) is 2. The van der Waals surface area contributed by atoms with Crippen molar-refractivity contribution in [2.45, 2.75) is 26.3 Å². The fraction of sp³-hybridized carbons (Fsp3) is 0.500. The molecule has 0 bridgehead atoms. The lowest BCUT2D eigenvalue weighted by Gasteiger charge is -2.25. The molecule has 0 spiro atoms. The van der Waals surface area contributed by atoms with Crippen molar-refractivity contribution in [3.8, 4) is 11.8 Å². The lowest BCUT2D eigenvalue weighted by atomic mass is 10.2. The highest BCUT2D eigenvalue weighted by molar-refractivity contribution is 7.12. The van der Waals surface area contributed by atoms with Crippen LogP contribution in [0.3, 0.4) is 0 Å². The number of aliphatic hydroxyl groups is 2. The van der Waals surface area contributed by atoms with E-state index in [2.05, 4.69) is 11.8 Å². The van der Waals surface area contributed by atoms with E-state index in [0.717, 1.165) is 0 Å². The normalized spacial score (nSPS) is 10.2. The zero-order chi connectivity index (χ0) is 14.3. The van der Waals surface area contributed by atoms with E-state index in [1.54, 1.807) is 11.0 Å². The average molecular weight is 281 g/mol. The van der Waals surface area contributed by atoms with E-state index >= 15 is 0 Å². The van der Waals surface area contributed by atoms with Gasteiger partial charge < -0.3 is 15.1 Å². The van der Waals surface area contributed by atoms with Crippen molar-refractivity contribution in [3.63, 3.8) is 0 Å². The van der Waals surface area contributed by atoms with Gasteiger partial charge in [0.05, 0.1) is 13.2 Å². The summed E-state index contributed by atoms with van der Waals surface area (Å²) in [6, 6.07) is 1.83. The molecule has 19 heavy (non-hydrogen) atoms. The minimum absolute atomic E-state index is 0.0169. The highest BCUT2D eigenvalue weighted by Gasteiger charge is 2.21. The van der Waals surface area contributed by atoms with Crippen LogP contribution in [0, 0.1) is 11.8 Å². The van der Waals surface area contributed by atoms with Gasteiger partial charge in [0.15, 0.2) is 0 Å². The highest BCUT2D eigenvalue weighted by atomic mass is 32.1. The highest BCUT2D eigenvalue weighted by Crippen LogP contribution is 2.19. The van der Waals surface area contributed by atoms with E-state index in [4.69, 9.17) is 10.2 Å². The minimum Gasteiger partial charge on any atom is -0.395 e. The molecule has 0 radical (unpaired) electrons. The second kappa shape index (κ2) is 7.95. The number of rotatable bonds is 5. The molecule has 0 fully saturated rings. The summed E-state index contributed by atoms with van der Waals surface area (Å²) in [4.78, 5) is 14.6. The van der Waals surface area contributed by atoms with Gasteiger partial charge in [0, 0.05) is 24.6 Å². The maximum atomic E-state index is 12.4. The molecule has 0 aliphatic rings. The van der Waals surface area contributed by atoms with Crippen LogP contribution < -0.4 is 0 Å². The first-order valence-electron chi connectivity index (χ1n) is 6.20. The maximum Gasteiger partial charge on any atom is 0.265 e. The van der Waals surface area contributed by atoms with Crippen LogP contribution in [0.25, 0.3) is 0 Å². The Bertz CT molecular complexity index is 471. The predicted octanol–water partition coefficient (Wildman–Crippen LogP) is 1.32. The number of amides is 1. The summed E-state index contributed by atoms with van der Waals surface area (Å²) in [5, 5.41) is 19.6. The number of carbonyl (C=O) groups is 1. The van der Waals surface area contributed by atoms with Crippen molar-refractivity contribution in [2.24, 2.45) is 0 Å². The largest absolute Gasteiger partial charge is 0.395 e. The molecule has 104 valence electrons. The lowest BCUT2D eigenvalue weighted by Crippen LogP contribution is -2.38. The molecular weight excluding hydrogens is 262 g/mol. The SMILES string of the molecule is CC(C)N(CCO)C(=O)c1sccc1C#CCCO. The van der Waals surface area contributed by atoms with E-state index in [1.807, 2.05) is 19.2 Å². The summed E-state index contributed by atoms with van der Waals surface area (Å²) in [5.74, 6) is 5.62. The van der Waals surface area contributed by atoms with Crippen LogP contribution >= 0.6 is 11.3 Å². The van der Waals surface area contributed by atoms with Gasteiger partial charge in [0.2, 0.25) is 0 Å². The summed E-state index contributed by atoms with van der Waals surface area (Å²) < 4.78 is 0. The zero-order valence-electron chi connectivity index (χ0n) is 11.2. The first kappa shape index (κ1) is 15.7. The monoisotopic (exact) mass is 281 g/mol. The average Bonchev–Trinajstić information content (AvgIpc) is 2.83. The first-order valence-corrected chi connectivity index (χ1v) is 7.08. The third-order valence-electron chi connectivity index (χ3n) is 2.54. The molecule has 0 unspecified atom stereocenters. The van der Waals surface area contributed by atoms with Crippen LogP contribution in [-0.4, -0.2) is 46.8 Å². The van der Waals surface area contributed by atoms with Crippen LogP contribution in [0.4, 0.5) is 0 Å². The van der Waals surface area contributed by atoms with Crippen LogP contribution in [0.5, 0.6) is 0 Å². The second-order valence-electron chi connectivity index (χ2n) is 4.25. The van der Waals surface area contributed by atoms with E-state index in [9.17, 15) is 4.79 Å². The summed E-state index contributed by atoms with van der Waals surface area (Å²) in [6.07, 6.45) is 0.397. The Hall–Kier alpha value is -1.35. The zero-order valence-corrected chi connectivity index (χ0v) is 12.0. The summed E-state index contributed by atoms with van der Waals surface area (Å²) in [6.45, 7) is 4.11. The summed E-state index contributed by atoms with van der Waals surface area (Å²) in [7, 11) is 0. The second-order valence-corrected chi connectivity index (χ2v) is 5.17. The van der Waals surface area contributed by atoms with Crippen molar-refractivity contribution in [1.82, 2.24) is 4.90 Å². The molecule has 0 saturated carbocycles. The van der Waals surface area contributed by atoms with Gasteiger partial charge in [-0.2, -0.15) is 0 Å². The van der Waals surface area contributed by atoms with E-state index < -0.39 is 0 Å². The molecule has 1 aromatic heterocycles. The van der Waals surface area contributed by atoms with Gasteiger partial charge in [-0.15, -0.1) is 11.3 Å². The lowest BCUT2D eigenvalue weighted by molar-refractivity contribution is 0.0670. The van der Waals surface area contributed by atoms with Gasteiger partial charge >= 0.3 is 0 Å². The van der Waals surface area contributed by atoms with E-state index in [1.165, 1.54) is 11.3 Å². The van der Waals surface area contributed by atoms with E-state index in [0.29, 0.717) is 23.4 Å². The molecule has 0 saturated heterocycles. The smallest absolute Gasteiger partial charge is 0.265 e. The van der Waals surface area contributed by atoms with Crippen molar-refractivity contribution >= 4 is 17.2 Å².